The first kappa shape index (κ1) is 12.0. The first-order valence-corrected chi connectivity index (χ1v) is 6.41. The number of thioether (sulfide) groups is 1. The number of hydrogen-bond acceptors (Lipinski definition) is 2. The van der Waals surface area contributed by atoms with E-state index in [4.69, 9.17) is 5.11 Å². The molecule has 0 aliphatic rings. The van der Waals surface area contributed by atoms with Gasteiger partial charge in [-0.1, -0.05) is 19.1 Å². The van der Waals surface area contributed by atoms with Crippen molar-refractivity contribution in [2.75, 3.05) is 5.75 Å². The van der Waals surface area contributed by atoms with Crippen molar-refractivity contribution in [3.63, 3.8) is 0 Å². The molecule has 2 aromatic rings. The van der Waals surface area contributed by atoms with E-state index in [-0.39, 0.29) is 5.75 Å². The van der Waals surface area contributed by atoms with Crippen LogP contribution in [0.4, 0.5) is 4.39 Å². The molecule has 0 aromatic heterocycles. The number of aromatic hydroxyl groups is 1. The van der Waals surface area contributed by atoms with Gasteiger partial charge in [-0.05, 0) is 35.6 Å². The van der Waals surface area contributed by atoms with E-state index in [2.05, 4.69) is 6.92 Å². The number of rotatable bonds is 3. The highest BCUT2D eigenvalue weighted by molar-refractivity contribution is 7.99. The molecule has 17 heavy (non-hydrogen) atoms. The maximum atomic E-state index is 13.6. The molecule has 0 bridgehead atoms. The third-order valence-electron chi connectivity index (χ3n) is 2.43. The van der Waals surface area contributed by atoms with E-state index in [1.54, 1.807) is 17.8 Å². The molecule has 2 rings (SSSR count). The van der Waals surface area contributed by atoms with Crippen LogP contribution in [0.2, 0.25) is 0 Å². The molecule has 2 aromatic carbocycles. The molecule has 0 heterocycles. The summed E-state index contributed by atoms with van der Waals surface area (Å²) in [7, 11) is 0. The number of phenolic OH excluding ortho intramolecular Hbond substituents is 1. The van der Waals surface area contributed by atoms with Crippen molar-refractivity contribution in [1.29, 1.82) is 0 Å². The van der Waals surface area contributed by atoms with Gasteiger partial charge in [-0.2, -0.15) is 0 Å². The first-order valence-electron chi connectivity index (χ1n) is 5.42. The molecule has 1 nitrogen and oxygen atoms in total. The van der Waals surface area contributed by atoms with Crippen molar-refractivity contribution in [1.82, 2.24) is 0 Å². The van der Waals surface area contributed by atoms with Crippen molar-refractivity contribution >= 4 is 11.8 Å². The Bertz CT molecular complexity index is 508. The molecule has 3 heteroatoms. The van der Waals surface area contributed by atoms with Gasteiger partial charge in [0.15, 0.2) is 0 Å². The van der Waals surface area contributed by atoms with E-state index >= 15 is 0 Å². The van der Waals surface area contributed by atoms with Crippen LogP contribution < -0.4 is 0 Å². The standard InChI is InChI=1S/C14H13FOS/c1-2-17-12-6-3-10(4-7-12)13-8-5-11(16)9-14(13)15/h3-9,16H,2H2,1H3. The zero-order valence-electron chi connectivity index (χ0n) is 9.48. The van der Waals surface area contributed by atoms with Crippen LogP contribution in [0.1, 0.15) is 6.92 Å². The second-order valence-corrected chi connectivity index (χ2v) is 4.96. The van der Waals surface area contributed by atoms with E-state index in [0.29, 0.717) is 5.56 Å². The number of halogens is 1. The van der Waals surface area contributed by atoms with Crippen LogP contribution in [0.3, 0.4) is 0 Å². The van der Waals surface area contributed by atoms with Crippen molar-refractivity contribution in [3.8, 4) is 16.9 Å². The van der Waals surface area contributed by atoms with Crippen molar-refractivity contribution < 1.29 is 9.50 Å². The Kier molecular flexibility index (Phi) is 3.69. The van der Waals surface area contributed by atoms with Gasteiger partial charge in [0.25, 0.3) is 0 Å². The summed E-state index contributed by atoms with van der Waals surface area (Å²) in [6, 6.07) is 12.0. The Labute approximate surface area is 104 Å². The zero-order chi connectivity index (χ0) is 12.3. The molecule has 0 atom stereocenters. The quantitative estimate of drug-likeness (QED) is 0.817. The summed E-state index contributed by atoms with van der Waals surface area (Å²) in [5.74, 6) is 0.567. The monoisotopic (exact) mass is 248 g/mol. The molecular weight excluding hydrogens is 235 g/mol. The smallest absolute Gasteiger partial charge is 0.134 e. The molecule has 0 saturated heterocycles. The van der Waals surface area contributed by atoms with Crippen LogP contribution in [0.5, 0.6) is 5.75 Å². The highest BCUT2D eigenvalue weighted by Crippen LogP contribution is 2.27. The third kappa shape index (κ3) is 2.80. The lowest BCUT2D eigenvalue weighted by Crippen LogP contribution is -1.84. The molecule has 0 unspecified atom stereocenters. The Morgan fingerprint density at radius 3 is 2.41 bits per heavy atom. The molecular formula is C14H13FOS. The molecule has 0 aliphatic heterocycles. The minimum absolute atomic E-state index is 0.0515. The average molecular weight is 248 g/mol. The van der Waals surface area contributed by atoms with Crippen molar-refractivity contribution in [2.45, 2.75) is 11.8 Å². The summed E-state index contributed by atoms with van der Waals surface area (Å²) in [6.07, 6.45) is 0. The van der Waals surface area contributed by atoms with E-state index in [1.807, 2.05) is 24.3 Å². The Balaban J connectivity index is 2.33. The molecule has 0 amide bonds. The van der Waals surface area contributed by atoms with Crippen LogP contribution in [0.15, 0.2) is 47.4 Å². The lowest BCUT2D eigenvalue weighted by molar-refractivity contribution is 0.469. The summed E-state index contributed by atoms with van der Waals surface area (Å²) >= 11 is 1.75. The SMILES string of the molecule is CCSc1ccc(-c2ccc(O)cc2F)cc1. The van der Waals surface area contributed by atoms with Gasteiger partial charge in [0, 0.05) is 16.5 Å². The largest absolute Gasteiger partial charge is 0.508 e. The second-order valence-electron chi connectivity index (χ2n) is 3.62. The molecule has 0 fully saturated rings. The summed E-state index contributed by atoms with van der Waals surface area (Å²) in [4.78, 5) is 1.18. The van der Waals surface area contributed by atoms with Gasteiger partial charge in [-0.15, -0.1) is 11.8 Å². The Morgan fingerprint density at radius 1 is 1.12 bits per heavy atom. The van der Waals surface area contributed by atoms with Gasteiger partial charge < -0.3 is 5.11 Å². The molecule has 0 aliphatic carbocycles. The van der Waals surface area contributed by atoms with Gasteiger partial charge >= 0.3 is 0 Å². The van der Waals surface area contributed by atoms with Gasteiger partial charge in [0.05, 0.1) is 0 Å². The first-order chi connectivity index (χ1) is 8.20. The van der Waals surface area contributed by atoms with Crippen LogP contribution in [-0.2, 0) is 0 Å². The molecule has 0 saturated carbocycles. The predicted molar refractivity (Wildman–Crippen MR) is 69.9 cm³/mol. The van der Waals surface area contributed by atoms with Crippen LogP contribution in [-0.4, -0.2) is 10.9 Å². The zero-order valence-corrected chi connectivity index (χ0v) is 10.3. The molecule has 0 spiro atoms. The van der Waals surface area contributed by atoms with Crippen molar-refractivity contribution in [3.05, 3.63) is 48.3 Å². The maximum Gasteiger partial charge on any atom is 0.134 e. The van der Waals surface area contributed by atoms with Crippen LogP contribution in [0.25, 0.3) is 11.1 Å². The van der Waals surface area contributed by atoms with Crippen LogP contribution in [0, 0.1) is 5.82 Å². The van der Waals surface area contributed by atoms with Gasteiger partial charge in [-0.25, -0.2) is 4.39 Å². The average Bonchev–Trinajstić information content (AvgIpc) is 2.31. The lowest BCUT2D eigenvalue weighted by Gasteiger charge is -2.05. The molecule has 1 N–H and O–H groups in total. The van der Waals surface area contributed by atoms with Gasteiger partial charge in [0.1, 0.15) is 11.6 Å². The maximum absolute atomic E-state index is 13.6. The third-order valence-corrected chi connectivity index (χ3v) is 3.32. The summed E-state index contributed by atoms with van der Waals surface area (Å²) in [6.45, 7) is 2.10. The fourth-order valence-corrected chi connectivity index (χ4v) is 2.30. The fourth-order valence-electron chi connectivity index (χ4n) is 1.64. The van der Waals surface area contributed by atoms with E-state index < -0.39 is 5.82 Å². The molecule has 88 valence electrons. The van der Waals surface area contributed by atoms with E-state index in [1.165, 1.54) is 11.0 Å². The number of phenols is 1. The topological polar surface area (TPSA) is 20.2 Å². The Morgan fingerprint density at radius 2 is 1.82 bits per heavy atom. The minimum Gasteiger partial charge on any atom is -0.508 e. The normalized spacial score (nSPS) is 10.5. The minimum atomic E-state index is -0.402. The Hall–Kier alpha value is -1.48. The second kappa shape index (κ2) is 5.23. The summed E-state index contributed by atoms with van der Waals surface area (Å²) in [5, 5.41) is 9.16. The number of benzene rings is 2. The molecule has 0 radical (unpaired) electrons. The number of hydrogen-bond donors (Lipinski definition) is 1. The van der Waals surface area contributed by atoms with E-state index in [9.17, 15) is 4.39 Å². The lowest BCUT2D eigenvalue weighted by atomic mass is 10.1. The van der Waals surface area contributed by atoms with Crippen LogP contribution >= 0.6 is 11.8 Å². The fraction of sp³-hybridized carbons (Fsp3) is 0.143. The summed E-state index contributed by atoms with van der Waals surface area (Å²) in [5.41, 5.74) is 1.33. The van der Waals surface area contributed by atoms with Gasteiger partial charge in [0.2, 0.25) is 0 Å². The predicted octanol–water partition coefficient (Wildman–Crippen LogP) is 4.31. The highest BCUT2D eigenvalue weighted by Gasteiger charge is 2.05. The van der Waals surface area contributed by atoms with Crippen molar-refractivity contribution in [2.24, 2.45) is 0 Å². The highest BCUT2D eigenvalue weighted by atomic mass is 32.2. The van der Waals surface area contributed by atoms with E-state index in [0.717, 1.165) is 17.4 Å². The summed E-state index contributed by atoms with van der Waals surface area (Å²) < 4.78 is 13.6. The van der Waals surface area contributed by atoms with Gasteiger partial charge in [-0.3, -0.25) is 0 Å².